The minimum absolute atomic E-state index is 0.0960. The van der Waals surface area contributed by atoms with Crippen molar-refractivity contribution >= 4 is 26.7 Å². The van der Waals surface area contributed by atoms with E-state index >= 15 is 0 Å². The molecule has 36 heavy (non-hydrogen) atoms. The molecule has 192 valence electrons. The minimum Gasteiger partial charge on any atom is -0.337 e. The standard InChI is InChI=1S/C28H34FN3O3S/c1-2-3-8-28(33)31(22-23-9-12-26(29)13-10-23)18-15-30-16-19-32(20-17-30)36(34,35)27-14-11-24-6-4-5-7-25(24)21-27/h4-7,9-14,21H,2-3,8,15-20,22H2,1H3. The van der Waals surface area contributed by atoms with Gasteiger partial charge in [-0.25, -0.2) is 12.8 Å². The Morgan fingerprint density at radius 3 is 2.33 bits per heavy atom. The zero-order valence-corrected chi connectivity index (χ0v) is 21.6. The van der Waals surface area contributed by atoms with Gasteiger partial charge >= 0.3 is 0 Å². The van der Waals surface area contributed by atoms with Crippen molar-refractivity contribution in [1.29, 1.82) is 0 Å². The fourth-order valence-electron chi connectivity index (χ4n) is 4.52. The summed E-state index contributed by atoms with van der Waals surface area (Å²) in [4.78, 5) is 17.2. The van der Waals surface area contributed by atoms with Gasteiger partial charge in [-0.05, 0) is 47.0 Å². The summed E-state index contributed by atoms with van der Waals surface area (Å²) in [6.07, 6.45) is 2.28. The van der Waals surface area contributed by atoms with Crippen LogP contribution < -0.4 is 0 Å². The molecule has 0 N–H and O–H groups in total. The Hall–Kier alpha value is -2.81. The van der Waals surface area contributed by atoms with Gasteiger partial charge in [0.1, 0.15) is 5.82 Å². The molecule has 0 atom stereocenters. The van der Waals surface area contributed by atoms with Crippen LogP contribution in [0.3, 0.4) is 0 Å². The number of nitrogens with zero attached hydrogens (tertiary/aromatic N) is 3. The lowest BCUT2D eigenvalue weighted by molar-refractivity contribution is -0.132. The Morgan fingerprint density at radius 2 is 1.64 bits per heavy atom. The summed E-state index contributed by atoms with van der Waals surface area (Å²) in [5.41, 5.74) is 0.896. The molecule has 1 saturated heterocycles. The smallest absolute Gasteiger partial charge is 0.243 e. The quantitative estimate of drug-likeness (QED) is 0.402. The molecular weight excluding hydrogens is 477 g/mol. The van der Waals surface area contributed by atoms with Crippen molar-refractivity contribution in [3.8, 4) is 0 Å². The molecule has 1 aliphatic rings. The van der Waals surface area contributed by atoms with Crippen LogP contribution in [0, 0.1) is 5.82 Å². The van der Waals surface area contributed by atoms with E-state index in [-0.39, 0.29) is 11.7 Å². The first-order chi connectivity index (χ1) is 17.4. The van der Waals surface area contributed by atoms with Crippen LogP contribution in [0.4, 0.5) is 4.39 Å². The van der Waals surface area contributed by atoms with Crippen LogP contribution in [0.15, 0.2) is 71.6 Å². The minimum atomic E-state index is -3.56. The molecule has 0 spiro atoms. The van der Waals surface area contributed by atoms with Gasteiger partial charge in [-0.1, -0.05) is 55.8 Å². The molecule has 0 aliphatic carbocycles. The normalized spacial score (nSPS) is 15.3. The van der Waals surface area contributed by atoms with E-state index in [1.165, 1.54) is 12.1 Å². The number of hydrogen-bond acceptors (Lipinski definition) is 4. The Bertz CT molecular complexity index is 1270. The number of hydrogen-bond donors (Lipinski definition) is 0. The number of carbonyl (C=O) groups is 1. The molecule has 1 aliphatic heterocycles. The van der Waals surface area contributed by atoms with Crippen LogP contribution in [0.1, 0.15) is 31.7 Å². The predicted molar refractivity (Wildman–Crippen MR) is 140 cm³/mol. The van der Waals surface area contributed by atoms with Crippen LogP contribution in [-0.4, -0.2) is 67.7 Å². The zero-order chi connectivity index (χ0) is 25.5. The summed E-state index contributed by atoms with van der Waals surface area (Å²) >= 11 is 0. The third kappa shape index (κ3) is 6.49. The van der Waals surface area contributed by atoms with Gasteiger partial charge in [0.2, 0.25) is 15.9 Å². The molecule has 0 saturated carbocycles. The van der Waals surface area contributed by atoms with Gasteiger partial charge in [-0.2, -0.15) is 4.31 Å². The maximum atomic E-state index is 13.3. The van der Waals surface area contributed by atoms with Crippen molar-refractivity contribution < 1.29 is 17.6 Å². The number of piperazine rings is 1. The molecule has 4 rings (SSSR count). The molecule has 8 heteroatoms. The highest BCUT2D eigenvalue weighted by molar-refractivity contribution is 7.89. The van der Waals surface area contributed by atoms with Crippen molar-refractivity contribution in [3.63, 3.8) is 0 Å². The highest BCUT2D eigenvalue weighted by Gasteiger charge is 2.29. The van der Waals surface area contributed by atoms with Crippen LogP contribution in [-0.2, 0) is 21.4 Å². The van der Waals surface area contributed by atoms with Crippen molar-refractivity contribution in [2.75, 3.05) is 39.3 Å². The number of amides is 1. The van der Waals surface area contributed by atoms with Gasteiger partial charge in [0.25, 0.3) is 0 Å². The van der Waals surface area contributed by atoms with Gasteiger partial charge < -0.3 is 4.90 Å². The topological polar surface area (TPSA) is 60.9 Å². The van der Waals surface area contributed by atoms with E-state index in [1.54, 1.807) is 28.6 Å². The zero-order valence-electron chi connectivity index (χ0n) is 20.8. The molecule has 0 bridgehead atoms. The van der Waals surface area contributed by atoms with E-state index in [4.69, 9.17) is 0 Å². The van der Waals surface area contributed by atoms with E-state index in [1.807, 2.05) is 35.2 Å². The lowest BCUT2D eigenvalue weighted by Gasteiger charge is -2.35. The van der Waals surface area contributed by atoms with Crippen molar-refractivity contribution in [3.05, 3.63) is 78.1 Å². The van der Waals surface area contributed by atoms with Gasteiger partial charge in [0.05, 0.1) is 4.90 Å². The molecule has 1 amide bonds. The lowest BCUT2D eigenvalue weighted by Crippen LogP contribution is -2.50. The van der Waals surface area contributed by atoms with Gasteiger partial charge in [0, 0.05) is 52.2 Å². The second kappa shape index (κ2) is 12.0. The SMILES string of the molecule is CCCCC(=O)N(CCN1CCN(S(=O)(=O)c2ccc3ccccc3c2)CC1)Cc1ccc(F)cc1. The Morgan fingerprint density at radius 1 is 0.944 bits per heavy atom. The molecule has 0 radical (unpaired) electrons. The Labute approximate surface area is 213 Å². The lowest BCUT2D eigenvalue weighted by atomic mass is 10.1. The molecule has 1 fully saturated rings. The summed E-state index contributed by atoms with van der Waals surface area (Å²) in [5, 5.41) is 1.92. The third-order valence-corrected chi connectivity index (χ3v) is 8.65. The number of unbranched alkanes of at least 4 members (excludes halogenated alkanes) is 1. The summed E-state index contributed by atoms with van der Waals surface area (Å²) in [6.45, 7) is 5.77. The average molecular weight is 512 g/mol. The van der Waals surface area contributed by atoms with E-state index in [2.05, 4.69) is 11.8 Å². The van der Waals surface area contributed by atoms with E-state index < -0.39 is 10.0 Å². The first-order valence-corrected chi connectivity index (χ1v) is 14.0. The third-order valence-electron chi connectivity index (χ3n) is 6.76. The highest BCUT2D eigenvalue weighted by atomic mass is 32.2. The largest absolute Gasteiger partial charge is 0.337 e. The maximum Gasteiger partial charge on any atom is 0.243 e. The summed E-state index contributed by atoms with van der Waals surface area (Å²) < 4.78 is 41.3. The average Bonchev–Trinajstić information content (AvgIpc) is 2.90. The second-order valence-corrected chi connectivity index (χ2v) is 11.2. The summed E-state index contributed by atoms with van der Waals surface area (Å²) in [5.74, 6) is -0.196. The number of fused-ring (bicyclic) bond motifs is 1. The number of benzene rings is 3. The van der Waals surface area contributed by atoms with Crippen LogP contribution >= 0.6 is 0 Å². The van der Waals surface area contributed by atoms with Crippen LogP contribution in [0.2, 0.25) is 0 Å². The van der Waals surface area contributed by atoms with Crippen molar-refractivity contribution in [2.45, 2.75) is 37.6 Å². The van der Waals surface area contributed by atoms with E-state index in [0.717, 1.165) is 29.2 Å². The Kier molecular flexibility index (Phi) is 8.72. The maximum absolute atomic E-state index is 13.3. The molecule has 6 nitrogen and oxygen atoms in total. The number of sulfonamides is 1. The van der Waals surface area contributed by atoms with Crippen LogP contribution in [0.5, 0.6) is 0 Å². The summed E-state index contributed by atoms with van der Waals surface area (Å²) in [7, 11) is -3.56. The van der Waals surface area contributed by atoms with Crippen LogP contribution in [0.25, 0.3) is 10.8 Å². The highest BCUT2D eigenvalue weighted by Crippen LogP contribution is 2.23. The molecule has 3 aromatic carbocycles. The van der Waals surface area contributed by atoms with E-state index in [0.29, 0.717) is 57.1 Å². The van der Waals surface area contributed by atoms with Gasteiger partial charge in [-0.15, -0.1) is 0 Å². The summed E-state index contributed by atoms with van der Waals surface area (Å²) in [6, 6.07) is 19.3. The molecule has 3 aromatic rings. The second-order valence-electron chi connectivity index (χ2n) is 9.30. The predicted octanol–water partition coefficient (Wildman–Crippen LogP) is 4.50. The molecular formula is C28H34FN3O3S. The molecule has 1 heterocycles. The Balaban J connectivity index is 1.35. The van der Waals surface area contributed by atoms with Gasteiger partial charge in [0.15, 0.2) is 0 Å². The van der Waals surface area contributed by atoms with Crippen molar-refractivity contribution in [2.24, 2.45) is 0 Å². The van der Waals surface area contributed by atoms with Crippen molar-refractivity contribution in [1.82, 2.24) is 14.1 Å². The van der Waals surface area contributed by atoms with E-state index in [9.17, 15) is 17.6 Å². The number of rotatable bonds is 10. The first kappa shape index (κ1) is 26.3. The fourth-order valence-corrected chi connectivity index (χ4v) is 5.98. The number of carbonyl (C=O) groups excluding carboxylic acids is 1. The number of halogens is 1. The molecule has 0 aromatic heterocycles. The first-order valence-electron chi connectivity index (χ1n) is 12.6. The monoisotopic (exact) mass is 511 g/mol. The van der Waals surface area contributed by atoms with Gasteiger partial charge in [-0.3, -0.25) is 9.69 Å². The molecule has 0 unspecified atom stereocenters. The fraction of sp³-hybridized carbons (Fsp3) is 0.393.